The lowest BCUT2D eigenvalue weighted by atomic mass is 9.87. The first-order valence-electron chi connectivity index (χ1n) is 7.80. The van der Waals surface area contributed by atoms with Gasteiger partial charge in [-0.3, -0.25) is 0 Å². The van der Waals surface area contributed by atoms with E-state index in [1.807, 2.05) is 42.8 Å². The molecule has 0 radical (unpaired) electrons. The van der Waals surface area contributed by atoms with Crippen molar-refractivity contribution in [1.29, 1.82) is 0 Å². The lowest BCUT2D eigenvalue weighted by Gasteiger charge is -2.36. The van der Waals surface area contributed by atoms with Gasteiger partial charge in [-0.2, -0.15) is 0 Å². The molecule has 1 aliphatic carbocycles. The van der Waals surface area contributed by atoms with E-state index in [1.165, 1.54) is 4.88 Å². The largest absolute Gasteiger partial charge is 0.445 e. The van der Waals surface area contributed by atoms with E-state index >= 15 is 0 Å². The van der Waals surface area contributed by atoms with E-state index < -0.39 is 0 Å². The number of benzene rings is 1. The lowest BCUT2D eigenvalue weighted by molar-refractivity contribution is 0.125. The van der Waals surface area contributed by atoms with Gasteiger partial charge in [0.15, 0.2) is 0 Å². The van der Waals surface area contributed by atoms with Crippen LogP contribution < -0.4 is 10.6 Å². The molecule has 1 aliphatic rings. The van der Waals surface area contributed by atoms with Gasteiger partial charge in [0.25, 0.3) is 0 Å². The Balaban J connectivity index is 1.31. The SMILES string of the molecule is Cc1ncsc1CNC1CC(NC(=O)OCc2ccccc2)C1. The van der Waals surface area contributed by atoms with Crippen molar-refractivity contribution in [2.75, 3.05) is 0 Å². The zero-order valence-electron chi connectivity index (χ0n) is 13.1. The molecule has 2 N–H and O–H groups in total. The number of ether oxygens (including phenoxy) is 1. The monoisotopic (exact) mass is 331 g/mol. The molecule has 2 aromatic rings. The van der Waals surface area contributed by atoms with Gasteiger partial charge in [-0.05, 0) is 25.3 Å². The first-order valence-corrected chi connectivity index (χ1v) is 8.68. The van der Waals surface area contributed by atoms with Crippen LogP contribution in [-0.2, 0) is 17.9 Å². The summed E-state index contributed by atoms with van der Waals surface area (Å²) < 4.78 is 5.23. The number of hydrogen-bond acceptors (Lipinski definition) is 5. The van der Waals surface area contributed by atoms with Crippen LogP contribution in [-0.4, -0.2) is 23.2 Å². The molecule has 0 atom stereocenters. The number of aromatic nitrogens is 1. The van der Waals surface area contributed by atoms with Gasteiger partial charge in [-0.25, -0.2) is 9.78 Å². The summed E-state index contributed by atoms with van der Waals surface area (Å²) in [7, 11) is 0. The van der Waals surface area contributed by atoms with Crippen molar-refractivity contribution < 1.29 is 9.53 Å². The Kier molecular flexibility index (Phi) is 5.25. The molecule has 0 aliphatic heterocycles. The third-order valence-electron chi connectivity index (χ3n) is 4.07. The van der Waals surface area contributed by atoms with Crippen molar-refractivity contribution in [3.8, 4) is 0 Å². The molecule has 0 bridgehead atoms. The van der Waals surface area contributed by atoms with Crippen LogP contribution in [0.2, 0.25) is 0 Å². The molecule has 1 fully saturated rings. The van der Waals surface area contributed by atoms with Crippen molar-refractivity contribution in [3.05, 3.63) is 52.0 Å². The third-order valence-corrected chi connectivity index (χ3v) is 5.00. The van der Waals surface area contributed by atoms with Crippen molar-refractivity contribution in [2.24, 2.45) is 0 Å². The fraction of sp³-hybridized carbons (Fsp3) is 0.412. The van der Waals surface area contributed by atoms with Crippen molar-refractivity contribution in [1.82, 2.24) is 15.6 Å². The number of thiazole rings is 1. The smallest absolute Gasteiger partial charge is 0.407 e. The number of rotatable bonds is 6. The Morgan fingerprint density at radius 2 is 2.09 bits per heavy atom. The molecule has 1 aromatic heterocycles. The first-order chi connectivity index (χ1) is 11.2. The van der Waals surface area contributed by atoms with Crippen LogP contribution in [0.3, 0.4) is 0 Å². The molecule has 0 spiro atoms. The van der Waals surface area contributed by atoms with Gasteiger partial charge < -0.3 is 15.4 Å². The number of nitrogens with zero attached hydrogens (tertiary/aromatic N) is 1. The Morgan fingerprint density at radius 3 is 2.78 bits per heavy atom. The number of nitrogens with one attached hydrogen (secondary N) is 2. The van der Waals surface area contributed by atoms with Crippen LogP contribution in [0, 0.1) is 6.92 Å². The Morgan fingerprint density at radius 1 is 1.30 bits per heavy atom. The van der Waals surface area contributed by atoms with E-state index in [-0.39, 0.29) is 12.1 Å². The number of hydrogen-bond donors (Lipinski definition) is 2. The highest BCUT2D eigenvalue weighted by Crippen LogP contribution is 2.21. The quantitative estimate of drug-likeness (QED) is 0.854. The van der Waals surface area contributed by atoms with E-state index in [9.17, 15) is 4.79 Å². The molecule has 1 amide bonds. The van der Waals surface area contributed by atoms with Crippen molar-refractivity contribution >= 4 is 17.4 Å². The minimum atomic E-state index is -0.337. The molecule has 1 heterocycles. The van der Waals surface area contributed by atoms with Gasteiger partial charge in [-0.1, -0.05) is 30.3 Å². The molecule has 0 saturated heterocycles. The molecule has 1 saturated carbocycles. The van der Waals surface area contributed by atoms with Crippen LogP contribution in [0.25, 0.3) is 0 Å². The van der Waals surface area contributed by atoms with Crippen molar-refractivity contribution in [2.45, 2.75) is 45.0 Å². The predicted octanol–water partition coefficient (Wildman–Crippen LogP) is 3.00. The molecule has 23 heavy (non-hydrogen) atoms. The van der Waals surface area contributed by atoms with Gasteiger partial charge in [-0.15, -0.1) is 11.3 Å². The van der Waals surface area contributed by atoms with E-state index in [1.54, 1.807) is 11.3 Å². The maximum atomic E-state index is 11.8. The summed E-state index contributed by atoms with van der Waals surface area (Å²) in [6, 6.07) is 10.4. The molecular formula is C17H21N3O2S. The summed E-state index contributed by atoms with van der Waals surface area (Å²) in [4.78, 5) is 17.3. The zero-order valence-corrected chi connectivity index (χ0v) is 13.9. The van der Waals surface area contributed by atoms with Crippen LogP contribution in [0.5, 0.6) is 0 Å². The molecule has 1 aromatic carbocycles. The topological polar surface area (TPSA) is 63.2 Å². The second-order valence-electron chi connectivity index (χ2n) is 5.81. The molecule has 6 heteroatoms. The summed E-state index contributed by atoms with van der Waals surface area (Å²) in [6.07, 6.45) is 1.55. The number of alkyl carbamates (subject to hydrolysis) is 1. The fourth-order valence-corrected chi connectivity index (χ4v) is 3.29. The van der Waals surface area contributed by atoms with Gasteiger partial charge >= 0.3 is 6.09 Å². The first kappa shape index (κ1) is 16.0. The Labute approximate surface area is 140 Å². The summed E-state index contributed by atoms with van der Waals surface area (Å²) in [5.41, 5.74) is 3.97. The average molecular weight is 331 g/mol. The average Bonchev–Trinajstić information content (AvgIpc) is 2.93. The number of amides is 1. The fourth-order valence-electron chi connectivity index (χ4n) is 2.57. The van der Waals surface area contributed by atoms with Gasteiger partial charge in [0.1, 0.15) is 6.61 Å². The standard InChI is InChI=1S/C17H21N3O2S/c1-12-16(23-11-19-12)9-18-14-7-15(8-14)20-17(21)22-10-13-5-3-2-4-6-13/h2-6,11,14-15,18H,7-10H2,1H3,(H,20,21). The van der Waals surface area contributed by atoms with E-state index in [4.69, 9.17) is 4.74 Å². The second-order valence-corrected chi connectivity index (χ2v) is 6.75. The van der Waals surface area contributed by atoms with E-state index in [2.05, 4.69) is 15.6 Å². The second kappa shape index (κ2) is 7.57. The lowest BCUT2D eigenvalue weighted by Crippen LogP contribution is -2.52. The summed E-state index contributed by atoms with van der Waals surface area (Å²) in [5.74, 6) is 0. The minimum absolute atomic E-state index is 0.207. The zero-order chi connectivity index (χ0) is 16.1. The molecule has 3 rings (SSSR count). The highest BCUT2D eigenvalue weighted by atomic mass is 32.1. The van der Waals surface area contributed by atoms with Crippen LogP contribution in [0.15, 0.2) is 35.8 Å². The highest BCUT2D eigenvalue weighted by molar-refractivity contribution is 7.09. The van der Waals surface area contributed by atoms with Gasteiger partial charge in [0.05, 0.1) is 11.2 Å². The summed E-state index contributed by atoms with van der Waals surface area (Å²) in [6.45, 7) is 3.19. The van der Waals surface area contributed by atoms with Crippen LogP contribution >= 0.6 is 11.3 Å². The predicted molar refractivity (Wildman–Crippen MR) is 90.3 cm³/mol. The number of aryl methyl sites for hydroxylation is 1. The summed E-state index contributed by atoms with van der Waals surface area (Å²) in [5, 5.41) is 6.41. The maximum absolute atomic E-state index is 11.8. The number of carbonyl (C=O) groups excluding carboxylic acids is 1. The normalized spacial score (nSPS) is 19.9. The maximum Gasteiger partial charge on any atom is 0.407 e. The minimum Gasteiger partial charge on any atom is -0.445 e. The van der Waals surface area contributed by atoms with Gasteiger partial charge in [0.2, 0.25) is 0 Å². The van der Waals surface area contributed by atoms with Crippen LogP contribution in [0.1, 0.15) is 29.0 Å². The van der Waals surface area contributed by atoms with E-state index in [0.29, 0.717) is 12.6 Å². The molecule has 5 nitrogen and oxygen atoms in total. The number of carbonyl (C=O) groups is 1. The van der Waals surface area contributed by atoms with Crippen LogP contribution in [0.4, 0.5) is 4.79 Å². The van der Waals surface area contributed by atoms with Gasteiger partial charge in [0, 0.05) is 23.5 Å². The molecule has 0 unspecified atom stereocenters. The highest BCUT2D eigenvalue weighted by Gasteiger charge is 2.30. The van der Waals surface area contributed by atoms with Crippen molar-refractivity contribution in [3.63, 3.8) is 0 Å². The molecule has 122 valence electrons. The Hall–Kier alpha value is -1.92. The third kappa shape index (κ3) is 4.53. The Bertz CT molecular complexity index is 638. The molecular weight excluding hydrogens is 310 g/mol. The summed E-state index contributed by atoms with van der Waals surface area (Å²) >= 11 is 1.68. The van der Waals surface area contributed by atoms with E-state index in [0.717, 1.165) is 30.6 Å².